The normalized spacial score (nSPS) is 20.9. The van der Waals surface area contributed by atoms with Gasteiger partial charge < -0.3 is 4.74 Å². The molecule has 1 unspecified atom stereocenters. The van der Waals surface area contributed by atoms with Gasteiger partial charge in [-0.25, -0.2) is 0 Å². The van der Waals surface area contributed by atoms with Gasteiger partial charge in [-0.1, -0.05) is 24.3 Å². The van der Waals surface area contributed by atoms with Crippen LogP contribution in [0, 0.1) is 12.3 Å². The number of ether oxygens (including phenoxy) is 1. The Morgan fingerprint density at radius 2 is 2.15 bits per heavy atom. The van der Waals surface area contributed by atoms with E-state index in [2.05, 4.69) is 35.1 Å². The number of piperidine rings is 1. The molecule has 2 aromatic rings. The molecule has 5 nitrogen and oxygen atoms in total. The standard InChI is InChI=1S/C21H29N3O2/c1-4-26-20(25)21(12-19-9-6-5-8-17(19)2)10-7-11-24(16-21)15-18-13-22-23(3)14-18/h5-6,8-9,13-14H,4,7,10-12,15-16H2,1-3H3. The summed E-state index contributed by atoms with van der Waals surface area (Å²) < 4.78 is 7.34. The zero-order valence-corrected chi connectivity index (χ0v) is 16.1. The Bertz CT molecular complexity index is 755. The molecule has 0 N–H and O–H groups in total. The molecule has 2 heterocycles. The molecule has 140 valence electrons. The van der Waals surface area contributed by atoms with Gasteiger partial charge in [-0.2, -0.15) is 5.10 Å². The molecule has 0 amide bonds. The van der Waals surface area contributed by atoms with E-state index >= 15 is 0 Å². The summed E-state index contributed by atoms with van der Waals surface area (Å²) in [6, 6.07) is 8.35. The molecule has 0 bridgehead atoms. The molecule has 3 rings (SSSR count). The molecule has 5 heteroatoms. The van der Waals surface area contributed by atoms with E-state index in [1.165, 1.54) is 16.7 Å². The molecule has 1 aliphatic heterocycles. The van der Waals surface area contributed by atoms with Gasteiger partial charge in [0.2, 0.25) is 0 Å². The van der Waals surface area contributed by atoms with Crippen molar-refractivity contribution in [1.29, 1.82) is 0 Å². The van der Waals surface area contributed by atoms with E-state index in [9.17, 15) is 4.79 Å². The van der Waals surface area contributed by atoms with Crippen LogP contribution in [0.2, 0.25) is 0 Å². The molecule has 1 fully saturated rings. The Balaban J connectivity index is 1.82. The fourth-order valence-electron chi connectivity index (χ4n) is 4.01. The number of hydrogen-bond acceptors (Lipinski definition) is 4. The smallest absolute Gasteiger partial charge is 0.313 e. The monoisotopic (exact) mass is 355 g/mol. The number of carbonyl (C=O) groups is 1. The first-order valence-corrected chi connectivity index (χ1v) is 9.44. The van der Waals surface area contributed by atoms with E-state index in [-0.39, 0.29) is 5.97 Å². The first-order valence-electron chi connectivity index (χ1n) is 9.44. The van der Waals surface area contributed by atoms with Gasteiger partial charge in [-0.05, 0) is 50.8 Å². The van der Waals surface area contributed by atoms with E-state index in [4.69, 9.17) is 4.74 Å². The lowest BCUT2D eigenvalue weighted by molar-refractivity contribution is -0.159. The predicted molar refractivity (Wildman–Crippen MR) is 102 cm³/mol. The molecule has 1 saturated heterocycles. The summed E-state index contributed by atoms with van der Waals surface area (Å²) in [6.07, 6.45) is 6.57. The summed E-state index contributed by atoms with van der Waals surface area (Å²) in [4.78, 5) is 15.3. The van der Waals surface area contributed by atoms with E-state index < -0.39 is 5.41 Å². The van der Waals surface area contributed by atoms with Crippen LogP contribution in [0.15, 0.2) is 36.7 Å². The molecule has 1 aliphatic rings. The van der Waals surface area contributed by atoms with E-state index in [1.54, 1.807) is 0 Å². The van der Waals surface area contributed by atoms with Crippen LogP contribution in [-0.4, -0.2) is 40.3 Å². The number of likely N-dealkylation sites (tertiary alicyclic amines) is 1. The van der Waals surface area contributed by atoms with Crippen molar-refractivity contribution in [3.05, 3.63) is 53.3 Å². The number of hydrogen-bond donors (Lipinski definition) is 0. The van der Waals surface area contributed by atoms with Crippen molar-refractivity contribution in [2.45, 2.75) is 39.7 Å². The highest BCUT2D eigenvalue weighted by Gasteiger charge is 2.43. The van der Waals surface area contributed by atoms with Gasteiger partial charge in [0.1, 0.15) is 0 Å². The van der Waals surface area contributed by atoms with Gasteiger partial charge in [-0.15, -0.1) is 0 Å². The number of carbonyl (C=O) groups excluding carboxylic acids is 1. The minimum absolute atomic E-state index is 0.0564. The maximum absolute atomic E-state index is 13.0. The molecule has 0 spiro atoms. The molecule has 26 heavy (non-hydrogen) atoms. The fourth-order valence-corrected chi connectivity index (χ4v) is 4.01. The minimum Gasteiger partial charge on any atom is -0.466 e. The van der Waals surface area contributed by atoms with Crippen LogP contribution in [0.4, 0.5) is 0 Å². The Labute approximate surface area is 156 Å². The van der Waals surface area contributed by atoms with Crippen molar-refractivity contribution < 1.29 is 9.53 Å². The Morgan fingerprint density at radius 1 is 1.35 bits per heavy atom. The van der Waals surface area contributed by atoms with E-state index in [1.807, 2.05) is 37.1 Å². The first kappa shape index (κ1) is 18.6. The summed E-state index contributed by atoms with van der Waals surface area (Å²) in [5.41, 5.74) is 3.19. The van der Waals surface area contributed by atoms with Crippen molar-refractivity contribution in [1.82, 2.24) is 14.7 Å². The van der Waals surface area contributed by atoms with Gasteiger partial charge in [0, 0.05) is 31.9 Å². The number of esters is 1. The maximum Gasteiger partial charge on any atom is 0.313 e. The highest BCUT2D eigenvalue weighted by molar-refractivity contribution is 5.78. The second-order valence-corrected chi connectivity index (χ2v) is 7.44. The van der Waals surface area contributed by atoms with Crippen molar-refractivity contribution in [2.75, 3.05) is 19.7 Å². The SMILES string of the molecule is CCOC(=O)C1(Cc2ccccc2C)CCCN(Cc2cnn(C)c2)C1. The number of benzene rings is 1. The Hall–Kier alpha value is -2.14. The summed E-state index contributed by atoms with van der Waals surface area (Å²) in [7, 11) is 1.93. The summed E-state index contributed by atoms with van der Waals surface area (Å²) in [6.45, 7) is 6.98. The highest BCUT2D eigenvalue weighted by atomic mass is 16.5. The van der Waals surface area contributed by atoms with E-state index in [0.29, 0.717) is 6.61 Å². The third-order valence-corrected chi connectivity index (χ3v) is 5.32. The van der Waals surface area contributed by atoms with Crippen molar-refractivity contribution in [3.63, 3.8) is 0 Å². The maximum atomic E-state index is 13.0. The second-order valence-electron chi connectivity index (χ2n) is 7.44. The van der Waals surface area contributed by atoms with Gasteiger partial charge in [-0.3, -0.25) is 14.4 Å². The van der Waals surface area contributed by atoms with Gasteiger partial charge >= 0.3 is 5.97 Å². The Kier molecular flexibility index (Phi) is 5.77. The summed E-state index contributed by atoms with van der Waals surface area (Å²) in [5.74, 6) is -0.0564. The fraction of sp³-hybridized carbons (Fsp3) is 0.524. The minimum atomic E-state index is -0.470. The molecule has 1 aromatic heterocycles. The largest absolute Gasteiger partial charge is 0.466 e. The molecule has 0 radical (unpaired) electrons. The third kappa shape index (κ3) is 4.15. The molecule has 0 saturated carbocycles. The van der Waals surface area contributed by atoms with Crippen LogP contribution >= 0.6 is 0 Å². The highest BCUT2D eigenvalue weighted by Crippen LogP contribution is 2.36. The van der Waals surface area contributed by atoms with Crippen LogP contribution < -0.4 is 0 Å². The van der Waals surface area contributed by atoms with Crippen molar-refractivity contribution >= 4 is 5.97 Å². The van der Waals surface area contributed by atoms with Gasteiger partial charge in [0.05, 0.1) is 18.2 Å². The number of nitrogens with zero attached hydrogens (tertiary/aromatic N) is 3. The quantitative estimate of drug-likeness (QED) is 0.747. The van der Waals surface area contributed by atoms with Crippen molar-refractivity contribution in [3.8, 4) is 0 Å². The van der Waals surface area contributed by atoms with Crippen LogP contribution in [-0.2, 0) is 29.5 Å². The number of aromatic nitrogens is 2. The predicted octanol–water partition coefficient (Wildman–Crippen LogP) is 3.12. The van der Waals surface area contributed by atoms with Gasteiger partial charge in [0.15, 0.2) is 0 Å². The number of rotatable bonds is 6. The molecular weight excluding hydrogens is 326 g/mol. The average Bonchev–Trinajstić information content (AvgIpc) is 3.02. The van der Waals surface area contributed by atoms with Gasteiger partial charge in [0.25, 0.3) is 0 Å². The van der Waals surface area contributed by atoms with Crippen molar-refractivity contribution in [2.24, 2.45) is 12.5 Å². The second kappa shape index (κ2) is 8.04. The Morgan fingerprint density at radius 3 is 2.85 bits per heavy atom. The molecule has 0 aliphatic carbocycles. The first-order chi connectivity index (χ1) is 12.5. The van der Waals surface area contributed by atoms with Crippen LogP contribution in [0.5, 0.6) is 0 Å². The third-order valence-electron chi connectivity index (χ3n) is 5.32. The zero-order chi connectivity index (χ0) is 18.6. The number of aryl methyl sites for hydroxylation is 2. The lowest BCUT2D eigenvalue weighted by Crippen LogP contribution is -2.49. The van der Waals surface area contributed by atoms with Crippen LogP contribution in [0.25, 0.3) is 0 Å². The molecule has 1 atom stereocenters. The van der Waals surface area contributed by atoms with Crippen LogP contribution in [0.1, 0.15) is 36.5 Å². The summed E-state index contributed by atoms with van der Waals surface area (Å²) >= 11 is 0. The molecule has 1 aromatic carbocycles. The van der Waals surface area contributed by atoms with E-state index in [0.717, 1.165) is 38.9 Å². The van der Waals surface area contributed by atoms with Crippen LogP contribution in [0.3, 0.4) is 0 Å². The zero-order valence-electron chi connectivity index (χ0n) is 16.1. The summed E-state index contributed by atoms with van der Waals surface area (Å²) in [5, 5.41) is 4.26. The topological polar surface area (TPSA) is 47.4 Å². The lowest BCUT2D eigenvalue weighted by Gasteiger charge is -2.41. The average molecular weight is 355 g/mol. The molecular formula is C21H29N3O2. The lowest BCUT2D eigenvalue weighted by atomic mass is 9.74.